The van der Waals surface area contributed by atoms with Gasteiger partial charge in [0.25, 0.3) is 0 Å². The van der Waals surface area contributed by atoms with Crippen molar-refractivity contribution < 1.29 is 0 Å². The average Bonchev–Trinajstić information content (AvgIpc) is 2.49. The summed E-state index contributed by atoms with van der Waals surface area (Å²) in [6.07, 6.45) is 2.21. The zero-order valence-electron chi connectivity index (χ0n) is 7.46. The molecule has 0 aromatic carbocycles. The van der Waals surface area contributed by atoms with Crippen LogP contribution >= 0.6 is 24.2 Å². The summed E-state index contributed by atoms with van der Waals surface area (Å²) < 4.78 is 0. The van der Waals surface area contributed by atoms with Crippen molar-refractivity contribution in [2.75, 3.05) is 5.75 Å². The molecule has 12 heavy (non-hydrogen) atoms. The largest absolute Gasteiger partial charge is 0.287 e. The second-order valence-electron chi connectivity index (χ2n) is 2.84. The molecule has 0 aromatic heterocycles. The molecule has 1 aliphatic heterocycles. The Hall–Kier alpha value is 0.0900. The molecule has 0 radical (unpaired) electrons. The summed E-state index contributed by atoms with van der Waals surface area (Å²) in [6, 6.07) is 2.32. The van der Waals surface area contributed by atoms with E-state index in [9.17, 15) is 0 Å². The lowest BCUT2D eigenvalue weighted by Crippen LogP contribution is -2.40. The van der Waals surface area contributed by atoms with Crippen molar-refractivity contribution in [2.45, 2.75) is 37.6 Å². The van der Waals surface area contributed by atoms with Gasteiger partial charge in [-0.25, -0.2) is 0 Å². The van der Waals surface area contributed by atoms with Crippen molar-refractivity contribution in [3.63, 3.8) is 0 Å². The molecule has 0 saturated carbocycles. The highest BCUT2D eigenvalue weighted by Gasteiger charge is 2.35. The second-order valence-corrected chi connectivity index (χ2v) is 4.24. The van der Waals surface area contributed by atoms with E-state index in [-0.39, 0.29) is 23.3 Å². The molecule has 70 valence electrons. The fourth-order valence-corrected chi connectivity index (χ4v) is 2.65. The van der Waals surface area contributed by atoms with E-state index in [0.717, 1.165) is 18.6 Å². The van der Waals surface area contributed by atoms with Gasteiger partial charge >= 0.3 is 0 Å². The van der Waals surface area contributed by atoms with Crippen LogP contribution in [0.2, 0.25) is 0 Å². The third kappa shape index (κ3) is 2.29. The van der Waals surface area contributed by atoms with E-state index in [1.165, 1.54) is 0 Å². The number of nitrogens with zero attached hydrogens (tertiary/aromatic N) is 1. The first-order valence-corrected chi connectivity index (χ1v) is 5.06. The van der Waals surface area contributed by atoms with Crippen LogP contribution in [-0.2, 0) is 0 Å². The molecule has 1 aliphatic rings. The highest BCUT2D eigenvalue weighted by atomic mass is 35.5. The van der Waals surface area contributed by atoms with Gasteiger partial charge in [-0.1, -0.05) is 13.8 Å². The molecule has 1 fully saturated rings. The zero-order valence-corrected chi connectivity index (χ0v) is 9.10. The summed E-state index contributed by atoms with van der Waals surface area (Å²) in [6.45, 7) is 4.34. The van der Waals surface area contributed by atoms with Crippen LogP contribution in [0.15, 0.2) is 0 Å². The molecule has 1 rings (SSSR count). The molecule has 0 bridgehead atoms. The van der Waals surface area contributed by atoms with Crippen LogP contribution in [0.3, 0.4) is 0 Å². The van der Waals surface area contributed by atoms with Crippen LogP contribution in [0.4, 0.5) is 0 Å². The van der Waals surface area contributed by atoms with Crippen LogP contribution in [-0.4, -0.2) is 16.7 Å². The number of nitriles is 1. The van der Waals surface area contributed by atoms with Crippen molar-refractivity contribution >= 4 is 24.2 Å². The van der Waals surface area contributed by atoms with Crippen molar-refractivity contribution in [1.29, 1.82) is 5.26 Å². The summed E-state index contributed by atoms with van der Waals surface area (Å²) >= 11 is 1.89. The number of thioether (sulfide) groups is 1. The van der Waals surface area contributed by atoms with Gasteiger partial charge in [0, 0.05) is 5.75 Å². The predicted molar refractivity (Wildman–Crippen MR) is 55.6 cm³/mol. The summed E-state index contributed by atoms with van der Waals surface area (Å²) in [4.78, 5) is 0.195. The maximum Gasteiger partial charge on any atom is 0.106 e. The Morgan fingerprint density at radius 1 is 1.58 bits per heavy atom. The van der Waals surface area contributed by atoms with E-state index in [1.54, 1.807) is 0 Å². The maximum atomic E-state index is 8.66. The molecule has 1 N–H and O–H groups in total. The molecular formula is C8H15ClN2S. The van der Waals surface area contributed by atoms with Gasteiger partial charge in [0.05, 0.1) is 10.9 Å². The van der Waals surface area contributed by atoms with Crippen LogP contribution in [0.1, 0.15) is 26.7 Å². The number of halogens is 1. The lowest BCUT2D eigenvalue weighted by molar-refractivity contribution is 0.447. The highest BCUT2D eigenvalue weighted by molar-refractivity contribution is 8.00. The second kappa shape index (κ2) is 4.96. The van der Waals surface area contributed by atoms with Crippen molar-refractivity contribution in [2.24, 2.45) is 0 Å². The molecule has 0 spiro atoms. The van der Waals surface area contributed by atoms with E-state index < -0.39 is 0 Å². The number of hydrogen-bond donors (Lipinski definition) is 1. The highest BCUT2D eigenvalue weighted by Crippen LogP contribution is 2.35. The lowest BCUT2D eigenvalue weighted by Gasteiger charge is -2.25. The van der Waals surface area contributed by atoms with E-state index >= 15 is 0 Å². The van der Waals surface area contributed by atoms with E-state index in [1.807, 2.05) is 11.8 Å². The van der Waals surface area contributed by atoms with Gasteiger partial charge < -0.3 is 0 Å². The first kappa shape index (κ1) is 12.1. The molecule has 1 atom stereocenters. The van der Waals surface area contributed by atoms with Crippen LogP contribution in [0.25, 0.3) is 0 Å². The third-order valence-corrected chi connectivity index (χ3v) is 4.01. The van der Waals surface area contributed by atoms with E-state index in [4.69, 9.17) is 5.26 Å². The van der Waals surface area contributed by atoms with Gasteiger partial charge in [-0.2, -0.15) is 5.26 Å². The molecule has 0 aromatic rings. The Labute approximate surface area is 84.5 Å². The Balaban J connectivity index is 0.00000121. The molecule has 4 heteroatoms. The number of nitrogens with one attached hydrogen (secondary N) is 1. The standard InChI is InChI=1S/C8H14N2S.ClH/c1-3-8(4-2)10-7(5-9)6-11-8;/h7,10H,3-4,6H2,1-2H3;1H. The smallest absolute Gasteiger partial charge is 0.106 e. The lowest BCUT2D eigenvalue weighted by atomic mass is 10.1. The summed E-state index contributed by atoms with van der Waals surface area (Å²) in [5.41, 5.74) is 0. The molecule has 0 amide bonds. The molecule has 2 nitrogen and oxygen atoms in total. The van der Waals surface area contributed by atoms with Gasteiger partial charge in [0.15, 0.2) is 0 Å². The Morgan fingerprint density at radius 3 is 2.42 bits per heavy atom. The summed E-state index contributed by atoms with van der Waals surface area (Å²) in [5.74, 6) is 0.943. The first-order valence-electron chi connectivity index (χ1n) is 4.07. The van der Waals surface area contributed by atoms with Crippen LogP contribution < -0.4 is 5.32 Å². The third-order valence-electron chi connectivity index (χ3n) is 2.26. The van der Waals surface area contributed by atoms with Gasteiger partial charge in [0.1, 0.15) is 6.04 Å². The van der Waals surface area contributed by atoms with Gasteiger partial charge in [-0.15, -0.1) is 24.2 Å². The minimum Gasteiger partial charge on any atom is -0.287 e. The molecule has 0 aliphatic carbocycles. The monoisotopic (exact) mass is 206 g/mol. The summed E-state index contributed by atoms with van der Waals surface area (Å²) in [7, 11) is 0. The van der Waals surface area contributed by atoms with Crippen LogP contribution in [0.5, 0.6) is 0 Å². The quantitative estimate of drug-likeness (QED) is 0.752. The van der Waals surface area contributed by atoms with Crippen LogP contribution in [0, 0.1) is 11.3 Å². The summed E-state index contributed by atoms with van der Waals surface area (Å²) in [5, 5.41) is 12.0. The SMILES string of the molecule is CCC1(CC)NC(C#N)CS1.Cl. The topological polar surface area (TPSA) is 35.8 Å². The normalized spacial score (nSPS) is 25.9. The molecule has 1 unspecified atom stereocenters. The first-order chi connectivity index (χ1) is 5.26. The number of rotatable bonds is 2. The minimum atomic E-state index is 0. The van der Waals surface area contributed by atoms with Crippen molar-refractivity contribution in [1.82, 2.24) is 5.32 Å². The fraction of sp³-hybridized carbons (Fsp3) is 0.875. The van der Waals surface area contributed by atoms with Crippen molar-refractivity contribution in [3.8, 4) is 6.07 Å². The van der Waals surface area contributed by atoms with Gasteiger partial charge in [0.2, 0.25) is 0 Å². The molecule has 1 heterocycles. The number of hydrogen-bond acceptors (Lipinski definition) is 3. The molecule has 1 saturated heterocycles. The predicted octanol–water partition coefficient (Wildman–Crippen LogP) is 2.15. The van der Waals surface area contributed by atoms with E-state index in [0.29, 0.717) is 0 Å². The van der Waals surface area contributed by atoms with Gasteiger partial charge in [-0.3, -0.25) is 5.32 Å². The Bertz CT molecular complexity index is 174. The Kier molecular flexibility index (Phi) is 5.00. The van der Waals surface area contributed by atoms with E-state index in [2.05, 4.69) is 25.2 Å². The fourth-order valence-electron chi connectivity index (χ4n) is 1.37. The zero-order chi connectivity index (χ0) is 8.32. The minimum absolute atomic E-state index is 0. The average molecular weight is 207 g/mol. The van der Waals surface area contributed by atoms with Gasteiger partial charge in [-0.05, 0) is 12.8 Å². The molecular weight excluding hydrogens is 192 g/mol. The Morgan fingerprint density at radius 2 is 2.17 bits per heavy atom. The van der Waals surface area contributed by atoms with Crippen molar-refractivity contribution in [3.05, 3.63) is 0 Å². The maximum absolute atomic E-state index is 8.66.